The highest BCUT2D eigenvalue weighted by Crippen LogP contribution is 2.39. The Morgan fingerprint density at radius 3 is 2.86 bits per heavy atom. The molecule has 1 atom stereocenters. The number of fused-ring (bicyclic) bond motifs is 2. The van der Waals surface area contributed by atoms with E-state index in [2.05, 4.69) is 9.97 Å². The van der Waals surface area contributed by atoms with E-state index in [0.717, 1.165) is 34.2 Å². The Kier molecular flexibility index (Phi) is 4.48. The van der Waals surface area contributed by atoms with E-state index in [4.69, 9.17) is 15.2 Å². The lowest BCUT2D eigenvalue weighted by molar-refractivity contribution is 0.0481. The number of benzene rings is 1. The molecule has 1 saturated heterocycles. The van der Waals surface area contributed by atoms with E-state index in [9.17, 15) is 9.90 Å². The molecule has 1 aromatic carbocycles. The standard InChI is InChI=1S/C20H20N4O4S/c21-19-23-14-2-1-12(8-17(14)29-19)13-7-15-18(22-9-13)28-10-16(24(15)20(25)26)11-3-5-27-6-4-11/h1-2,7-9,11,16H,3-6,10H2,(H2,21,23)(H,25,26). The van der Waals surface area contributed by atoms with Crippen molar-refractivity contribution in [3.8, 4) is 17.0 Å². The van der Waals surface area contributed by atoms with Gasteiger partial charge in [-0.1, -0.05) is 17.4 Å². The monoisotopic (exact) mass is 412 g/mol. The number of hydrogen-bond donors (Lipinski definition) is 2. The first-order valence-electron chi connectivity index (χ1n) is 9.49. The van der Waals surface area contributed by atoms with Crippen molar-refractivity contribution in [3.05, 3.63) is 30.5 Å². The summed E-state index contributed by atoms with van der Waals surface area (Å²) < 4.78 is 12.3. The normalized spacial score (nSPS) is 19.7. The van der Waals surface area contributed by atoms with Crippen LogP contribution in [0.4, 0.5) is 15.6 Å². The number of thiazole rings is 1. The van der Waals surface area contributed by atoms with Crippen LogP contribution in [0.25, 0.3) is 21.3 Å². The average molecular weight is 412 g/mol. The third kappa shape index (κ3) is 3.26. The molecule has 4 heterocycles. The number of nitrogens with two attached hydrogens (primary N) is 1. The van der Waals surface area contributed by atoms with E-state index >= 15 is 0 Å². The first-order chi connectivity index (χ1) is 14.1. The molecule has 3 N–H and O–H groups in total. The number of rotatable bonds is 2. The zero-order valence-corrected chi connectivity index (χ0v) is 16.4. The van der Waals surface area contributed by atoms with Crippen LogP contribution in [0.2, 0.25) is 0 Å². The number of carboxylic acid groups (broad SMARTS) is 1. The quantitative estimate of drug-likeness (QED) is 0.661. The van der Waals surface area contributed by atoms with Gasteiger partial charge in [0.1, 0.15) is 12.3 Å². The summed E-state index contributed by atoms with van der Waals surface area (Å²) in [5, 5.41) is 10.5. The molecule has 0 radical (unpaired) electrons. The van der Waals surface area contributed by atoms with Gasteiger partial charge < -0.3 is 20.3 Å². The smallest absolute Gasteiger partial charge is 0.412 e. The molecular formula is C20H20N4O4S. The molecular weight excluding hydrogens is 392 g/mol. The predicted molar refractivity (Wildman–Crippen MR) is 111 cm³/mol. The topological polar surface area (TPSA) is 111 Å². The molecule has 3 aromatic rings. The van der Waals surface area contributed by atoms with Crippen LogP contribution in [0.3, 0.4) is 0 Å². The molecule has 29 heavy (non-hydrogen) atoms. The first-order valence-corrected chi connectivity index (χ1v) is 10.3. The summed E-state index contributed by atoms with van der Waals surface area (Å²) in [7, 11) is 0. The zero-order valence-electron chi connectivity index (χ0n) is 15.6. The second kappa shape index (κ2) is 7.16. The largest absolute Gasteiger partial charge is 0.474 e. The second-order valence-corrected chi connectivity index (χ2v) is 8.33. The Morgan fingerprint density at radius 2 is 2.07 bits per heavy atom. The minimum absolute atomic E-state index is 0.202. The number of ether oxygens (including phenoxy) is 2. The van der Waals surface area contributed by atoms with E-state index < -0.39 is 6.09 Å². The van der Waals surface area contributed by atoms with Gasteiger partial charge in [0.2, 0.25) is 5.88 Å². The summed E-state index contributed by atoms with van der Waals surface area (Å²) in [6.45, 7) is 1.61. The highest BCUT2D eigenvalue weighted by Gasteiger charge is 2.39. The maximum absolute atomic E-state index is 12.2. The van der Waals surface area contributed by atoms with Gasteiger partial charge >= 0.3 is 6.09 Å². The Balaban J connectivity index is 1.54. The fourth-order valence-corrected chi connectivity index (χ4v) is 4.89. The zero-order chi connectivity index (χ0) is 20.0. The summed E-state index contributed by atoms with van der Waals surface area (Å²) in [6, 6.07) is 7.44. The molecule has 0 aliphatic carbocycles. The molecule has 150 valence electrons. The Hall–Kier alpha value is -2.91. The van der Waals surface area contributed by atoms with Crippen molar-refractivity contribution in [2.45, 2.75) is 18.9 Å². The van der Waals surface area contributed by atoms with Gasteiger partial charge in [0.25, 0.3) is 0 Å². The number of aromatic nitrogens is 2. The van der Waals surface area contributed by atoms with Gasteiger partial charge in [0.05, 0.1) is 16.3 Å². The minimum atomic E-state index is -0.990. The van der Waals surface area contributed by atoms with Crippen molar-refractivity contribution in [1.29, 1.82) is 0 Å². The van der Waals surface area contributed by atoms with Crippen LogP contribution in [-0.4, -0.2) is 47.0 Å². The SMILES string of the molecule is Nc1nc2ccc(-c3cnc4c(c3)N(C(=O)O)C(C3CCOCC3)CO4)cc2s1. The molecule has 1 unspecified atom stereocenters. The molecule has 2 aliphatic rings. The van der Waals surface area contributed by atoms with Crippen LogP contribution < -0.4 is 15.4 Å². The molecule has 1 fully saturated rings. The lowest BCUT2D eigenvalue weighted by Crippen LogP contribution is -2.51. The average Bonchev–Trinajstić information content (AvgIpc) is 3.12. The molecule has 2 aromatic heterocycles. The summed E-state index contributed by atoms with van der Waals surface area (Å²) >= 11 is 1.42. The van der Waals surface area contributed by atoms with Crippen LogP contribution in [0.1, 0.15) is 12.8 Å². The van der Waals surface area contributed by atoms with Gasteiger partial charge in [0.15, 0.2) is 5.13 Å². The fraction of sp³-hybridized carbons (Fsp3) is 0.350. The third-order valence-corrected chi connectivity index (χ3v) is 6.42. The number of nitrogen functional groups attached to an aromatic ring is 1. The molecule has 9 heteroatoms. The molecule has 0 spiro atoms. The maximum Gasteiger partial charge on any atom is 0.412 e. The van der Waals surface area contributed by atoms with E-state index in [1.54, 1.807) is 6.20 Å². The van der Waals surface area contributed by atoms with Gasteiger partial charge in [-0.15, -0.1) is 0 Å². The highest BCUT2D eigenvalue weighted by molar-refractivity contribution is 7.22. The van der Waals surface area contributed by atoms with Crippen molar-refractivity contribution in [2.75, 3.05) is 30.5 Å². The number of carbonyl (C=O) groups is 1. The number of pyridine rings is 1. The van der Waals surface area contributed by atoms with Crippen molar-refractivity contribution < 1.29 is 19.4 Å². The number of hydrogen-bond acceptors (Lipinski definition) is 7. The number of anilines is 2. The molecule has 1 amide bonds. The van der Waals surface area contributed by atoms with E-state index in [1.807, 2.05) is 24.3 Å². The van der Waals surface area contributed by atoms with Crippen LogP contribution in [0, 0.1) is 5.92 Å². The lowest BCUT2D eigenvalue weighted by Gasteiger charge is -2.40. The van der Waals surface area contributed by atoms with Crippen LogP contribution >= 0.6 is 11.3 Å². The van der Waals surface area contributed by atoms with Crippen molar-refractivity contribution >= 4 is 38.5 Å². The molecule has 8 nitrogen and oxygen atoms in total. The minimum Gasteiger partial charge on any atom is -0.474 e. The molecule has 0 bridgehead atoms. The summed E-state index contributed by atoms with van der Waals surface area (Å²) in [6.07, 6.45) is 2.36. The van der Waals surface area contributed by atoms with Gasteiger partial charge in [0, 0.05) is 25.0 Å². The lowest BCUT2D eigenvalue weighted by atomic mass is 9.90. The van der Waals surface area contributed by atoms with Gasteiger partial charge in [-0.2, -0.15) is 0 Å². The van der Waals surface area contributed by atoms with E-state index in [0.29, 0.717) is 36.5 Å². The van der Waals surface area contributed by atoms with Crippen molar-refractivity contribution in [2.24, 2.45) is 5.92 Å². The van der Waals surface area contributed by atoms with Gasteiger partial charge in [-0.3, -0.25) is 4.90 Å². The fourth-order valence-electron chi connectivity index (χ4n) is 4.11. The summed E-state index contributed by atoms with van der Waals surface area (Å²) in [5.74, 6) is 0.552. The van der Waals surface area contributed by atoms with Crippen molar-refractivity contribution in [1.82, 2.24) is 9.97 Å². The van der Waals surface area contributed by atoms with E-state index in [-0.39, 0.29) is 12.0 Å². The number of amides is 1. The Labute approximate surface area is 170 Å². The predicted octanol–water partition coefficient (Wildman–Crippen LogP) is 3.61. The van der Waals surface area contributed by atoms with Crippen LogP contribution in [0.15, 0.2) is 30.5 Å². The first kappa shape index (κ1) is 18.1. The summed E-state index contributed by atoms with van der Waals surface area (Å²) in [5.41, 5.74) is 8.88. The number of nitrogens with zero attached hydrogens (tertiary/aromatic N) is 3. The van der Waals surface area contributed by atoms with E-state index in [1.165, 1.54) is 16.2 Å². The van der Waals surface area contributed by atoms with Crippen molar-refractivity contribution in [3.63, 3.8) is 0 Å². The Bertz CT molecular complexity index is 1080. The van der Waals surface area contributed by atoms with Crippen LogP contribution in [-0.2, 0) is 4.74 Å². The Morgan fingerprint density at radius 1 is 1.24 bits per heavy atom. The molecule has 0 saturated carbocycles. The van der Waals surface area contributed by atoms with Gasteiger partial charge in [-0.05, 0) is 42.5 Å². The second-order valence-electron chi connectivity index (χ2n) is 7.26. The van der Waals surface area contributed by atoms with Gasteiger partial charge in [-0.25, -0.2) is 14.8 Å². The summed E-state index contributed by atoms with van der Waals surface area (Å²) in [4.78, 5) is 22.3. The molecule has 2 aliphatic heterocycles. The highest BCUT2D eigenvalue weighted by atomic mass is 32.1. The van der Waals surface area contributed by atoms with Crippen LogP contribution in [0.5, 0.6) is 5.88 Å². The molecule has 5 rings (SSSR count). The third-order valence-electron chi connectivity index (χ3n) is 5.57. The maximum atomic E-state index is 12.2.